The number of aromatic nitrogens is 4. The van der Waals surface area contributed by atoms with Crippen LogP contribution in [0.2, 0.25) is 0 Å². The molecule has 0 bridgehead atoms. The third kappa shape index (κ3) is 6.96. The molecule has 0 radical (unpaired) electrons. The van der Waals surface area contributed by atoms with E-state index >= 15 is 0 Å². The molecule has 3 heterocycles. The Balaban J connectivity index is 1.03. The first-order valence-corrected chi connectivity index (χ1v) is 23.7. The normalized spacial score (nSPS) is 11.5. The maximum absolute atomic E-state index is 5.31. The molecule has 0 spiro atoms. The van der Waals surface area contributed by atoms with Crippen LogP contribution < -0.4 is 0 Å². The number of rotatable bonds is 8. The van der Waals surface area contributed by atoms with Gasteiger partial charge in [0.2, 0.25) is 0 Å². The Hall–Kier alpha value is -8.77. The molecule has 0 saturated carbocycles. The van der Waals surface area contributed by atoms with Crippen LogP contribution in [0.5, 0.6) is 0 Å². The molecular weight excluding hydrogens is 845 g/mol. The number of hydrogen-bond donors (Lipinski definition) is 0. The molecule has 13 aromatic rings. The molecule has 13 rings (SSSR count). The Morgan fingerprint density at radius 2 is 0.750 bits per heavy atom. The van der Waals surface area contributed by atoms with Crippen molar-refractivity contribution in [1.29, 1.82) is 0 Å². The van der Waals surface area contributed by atoms with Crippen LogP contribution >= 0.6 is 11.3 Å². The van der Waals surface area contributed by atoms with E-state index in [1.165, 1.54) is 64.2 Å². The fourth-order valence-corrected chi connectivity index (χ4v) is 10.9. The molecule has 0 atom stereocenters. The highest BCUT2D eigenvalue weighted by molar-refractivity contribution is 7.25. The molecule has 4 nitrogen and oxygen atoms in total. The predicted molar refractivity (Wildman–Crippen MR) is 285 cm³/mol. The lowest BCUT2D eigenvalue weighted by Gasteiger charge is -2.16. The molecule has 68 heavy (non-hydrogen) atoms. The molecule has 5 heteroatoms. The van der Waals surface area contributed by atoms with Gasteiger partial charge >= 0.3 is 0 Å². The highest BCUT2D eigenvalue weighted by atomic mass is 32.1. The number of benzene rings is 10. The summed E-state index contributed by atoms with van der Waals surface area (Å²) < 4.78 is 4.90. The van der Waals surface area contributed by atoms with E-state index < -0.39 is 0 Å². The maximum atomic E-state index is 5.31. The van der Waals surface area contributed by atoms with Gasteiger partial charge in [0, 0.05) is 53.3 Å². The molecule has 3 aromatic heterocycles. The maximum Gasteiger partial charge on any atom is 0.164 e. The van der Waals surface area contributed by atoms with E-state index in [1.54, 1.807) is 0 Å². The third-order valence-corrected chi connectivity index (χ3v) is 14.2. The van der Waals surface area contributed by atoms with Crippen LogP contribution in [0, 0.1) is 0 Å². The van der Waals surface area contributed by atoms with Gasteiger partial charge in [0.1, 0.15) is 0 Å². The molecule has 0 N–H and O–H groups in total. The van der Waals surface area contributed by atoms with Gasteiger partial charge in [-0.05, 0) is 99.1 Å². The van der Waals surface area contributed by atoms with E-state index in [1.807, 2.05) is 47.7 Å². The molecule has 0 aliphatic heterocycles. The van der Waals surface area contributed by atoms with Gasteiger partial charge in [0.25, 0.3) is 0 Å². The fourth-order valence-electron chi connectivity index (χ4n) is 9.80. The zero-order valence-electron chi connectivity index (χ0n) is 36.8. The quantitative estimate of drug-likeness (QED) is 0.153. The van der Waals surface area contributed by atoms with Crippen LogP contribution in [0.4, 0.5) is 0 Å². The predicted octanol–water partition coefficient (Wildman–Crippen LogP) is 17.0. The number of para-hydroxylation sites is 2. The van der Waals surface area contributed by atoms with Gasteiger partial charge in [-0.25, -0.2) is 15.0 Å². The SMILES string of the molecule is c1ccc(-c2nc(-c3ccccc3)nc(-c3cc(-c4ccc(-c5ccccc5)c(-c5ccccc5)c4)ccc3-c3ccc4sc5cc6c(cc5c4c3)c3ccccc3n6-c3ccccc3)n2)cc1. The minimum Gasteiger partial charge on any atom is -0.309 e. The summed E-state index contributed by atoms with van der Waals surface area (Å²) in [6.45, 7) is 0. The summed E-state index contributed by atoms with van der Waals surface area (Å²) in [7, 11) is 0. The van der Waals surface area contributed by atoms with E-state index in [2.05, 4.69) is 211 Å². The van der Waals surface area contributed by atoms with Gasteiger partial charge in [-0.2, -0.15) is 0 Å². The fraction of sp³-hybridized carbons (Fsp3) is 0. The molecule has 318 valence electrons. The van der Waals surface area contributed by atoms with E-state index in [4.69, 9.17) is 15.0 Å². The van der Waals surface area contributed by atoms with Crippen molar-refractivity contribution in [2.75, 3.05) is 0 Å². The Bertz CT molecular complexity index is 3940. The van der Waals surface area contributed by atoms with Gasteiger partial charge in [-0.1, -0.05) is 188 Å². The van der Waals surface area contributed by atoms with Crippen LogP contribution in [0.25, 0.3) is 126 Å². The van der Waals surface area contributed by atoms with Crippen LogP contribution in [0.3, 0.4) is 0 Å². The lowest BCUT2D eigenvalue weighted by atomic mass is 9.89. The molecule has 0 unspecified atom stereocenters. The monoisotopic (exact) mass is 884 g/mol. The van der Waals surface area contributed by atoms with Crippen molar-refractivity contribution in [3.63, 3.8) is 0 Å². The van der Waals surface area contributed by atoms with Gasteiger partial charge in [0.15, 0.2) is 17.5 Å². The Morgan fingerprint density at radius 1 is 0.265 bits per heavy atom. The Labute approximate surface area is 397 Å². The van der Waals surface area contributed by atoms with Crippen molar-refractivity contribution >= 4 is 53.3 Å². The third-order valence-electron chi connectivity index (χ3n) is 13.1. The summed E-state index contributed by atoms with van der Waals surface area (Å²) in [5.74, 6) is 1.87. The Morgan fingerprint density at radius 3 is 1.38 bits per heavy atom. The highest BCUT2D eigenvalue weighted by Gasteiger charge is 2.20. The first-order valence-electron chi connectivity index (χ1n) is 22.9. The van der Waals surface area contributed by atoms with Crippen molar-refractivity contribution < 1.29 is 0 Å². The second-order valence-corrected chi connectivity index (χ2v) is 18.2. The van der Waals surface area contributed by atoms with Gasteiger partial charge in [0.05, 0.1) is 11.0 Å². The van der Waals surface area contributed by atoms with E-state index in [0.717, 1.165) is 44.6 Å². The first kappa shape index (κ1) is 39.6. The smallest absolute Gasteiger partial charge is 0.164 e. The molecular formula is C63H40N4S. The number of thiophene rings is 1. The Kier molecular flexibility index (Phi) is 9.66. The van der Waals surface area contributed by atoms with Crippen LogP contribution in [-0.4, -0.2) is 19.5 Å². The summed E-state index contributed by atoms with van der Waals surface area (Å²) in [4.78, 5) is 15.7. The van der Waals surface area contributed by atoms with Gasteiger partial charge in [-0.15, -0.1) is 11.3 Å². The number of fused-ring (bicyclic) bond motifs is 6. The van der Waals surface area contributed by atoms with Crippen molar-refractivity contribution in [3.8, 4) is 84.4 Å². The number of nitrogens with zero attached hydrogens (tertiary/aromatic N) is 4. The van der Waals surface area contributed by atoms with Crippen molar-refractivity contribution in [1.82, 2.24) is 19.5 Å². The van der Waals surface area contributed by atoms with Gasteiger partial charge in [-0.3, -0.25) is 0 Å². The molecule has 0 fully saturated rings. The molecule has 0 amide bonds. The lowest BCUT2D eigenvalue weighted by Crippen LogP contribution is -2.01. The lowest BCUT2D eigenvalue weighted by molar-refractivity contribution is 1.07. The van der Waals surface area contributed by atoms with Crippen LogP contribution in [0.15, 0.2) is 243 Å². The van der Waals surface area contributed by atoms with Gasteiger partial charge < -0.3 is 4.57 Å². The summed E-state index contributed by atoms with van der Waals surface area (Å²) in [5, 5.41) is 4.96. The highest BCUT2D eigenvalue weighted by Crippen LogP contribution is 2.44. The first-order chi connectivity index (χ1) is 33.7. The second-order valence-electron chi connectivity index (χ2n) is 17.2. The largest absolute Gasteiger partial charge is 0.309 e. The molecule has 10 aromatic carbocycles. The number of hydrogen-bond acceptors (Lipinski definition) is 4. The van der Waals surface area contributed by atoms with Crippen molar-refractivity contribution in [2.45, 2.75) is 0 Å². The molecule has 0 aliphatic carbocycles. The average Bonchev–Trinajstić information content (AvgIpc) is 3.95. The topological polar surface area (TPSA) is 43.6 Å². The summed E-state index contributed by atoms with van der Waals surface area (Å²) in [6, 6.07) is 86.5. The standard InChI is InChI=1S/C63H40N4S/c1-6-18-41(19-7-1)49-33-30-45(36-52(49)42-20-8-2-9-21-42)46-31-34-50(56(37-46)63-65-61(43-22-10-3-11-23-43)64-62(66-63)44-24-12-4-13-25-44)47-32-35-59-54(38-47)55-39-53-51-28-16-17-29-57(51)67(48-26-14-5-15-27-48)58(53)40-60(55)68-59/h1-40H. The minimum absolute atomic E-state index is 0.615. The second kappa shape index (κ2) is 16.6. The van der Waals surface area contributed by atoms with Crippen molar-refractivity contribution in [2.24, 2.45) is 0 Å². The minimum atomic E-state index is 0.615. The zero-order valence-corrected chi connectivity index (χ0v) is 37.6. The average molecular weight is 885 g/mol. The van der Waals surface area contributed by atoms with Crippen molar-refractivity contribution in [3.05, 3.63) is 243 Å². The summed E-state index contributed by atoms with van der Waals surface area (Å²) in [5.41, 5.74) is 15.4. The molecule has 0 saturated heterocycles. The van der Waals surface area contributed by atoms with Crippen LogP contribution in [-0.2, 0) is 0 Å². The summed E-state index contributed by atoms with van der Waals surface area (Å²) in [6.07, 6.45) is 0. The molecule has 0 aliphatic rings. The zero-order chi connectivity index (χ0) is 45.0. The van der Waals surface area contributed by atoms with E-state index in [9.17, 15) is 0 Å². The van der Waals surface area contributed by atoms with Crippen LogP contribution in [0.1, 0.15) is 0 Å². The van der Waals surface area contributed by atoms with E-state index in [0.29, 0.717) is 17.5 Å². The summed E-state index contributed by atoms with van der Waals surface area (Å²) >= 11 is 1.85. The van der Waals surface area contributed by atoms with E-state index in [-0.39, 0.29) is 0 Å².